The third-order valence-corrected chi connectivity index (χ3v) is 2.67. The Kier molecular flexibility index (Phi) is 3.73. The smallest absolute Gasteiger partial charge is 0.0366 e. The van der Waals surface area contributed by atoms with Crippen LogP contribution in [0.2, 0.25) is 0 Å². The van der Waals surface area contributed by atoms with E-state index < -0.39 is 0 Å². The summed E-state index contributed by atoms with van der Waals surface area (Å²) in [6.07, 6.45) is 3.52. The van der Waals surface area contributed by atoms with Gasteiger partial charge in [0.25, 0.3) is 0 Å². The van der Waals surface area contributed by atoms with Gasteiger partial charge in [0.1, 0.15) is 0 Å². The zero-order valence-electron chi connectivity index (χ0n) is 7.85. The molecule has 1 nitrogen and oxygen atoms in total. The number of allylic oxidation sites excluding steroid dienone is 2. The van der Waals surface area contributed by atoms with Crippen molar-refractivity contribution in [1.29, 1.82) is 0 Å². The van der Waals surface area contributed by atoms with E-state index in [1.165, 1.54) is 29.7 Å². The molecule has 68 valence electrons. The van der Waals surface area contributed by atoms with Crippen LogP contribution in [0.15, 0.2) is 22.3 Å². The number of hydrogen-bond donors (Lipinski definition) is 2. The Labute approximate surface area is 80.3 Å². The van der Waals surface area contributed by atoms with Crippen LogP contribution >= 0.6 is 12.6 Å². The summed E-state index contributed by atoms with van der Waals surface area (Å²) in [6.45, 7) is 5.48. The van der Waals surface area contributed by atoms with Crippen molar-refractivity contribution in [1.82, 2.24) is 5.32 Å². The summed E-state index contributed by atoms with van der Waals surface area (Å²) in [4.78, 5) is 0. The minimum absolute atomic E-state index is 1.11. The lowest BCUT2D eigenvalue weighted by Gasteiger charge is -2.22. The van der Waals surface area contributed by atoms with Crippen LogP contribution in [0.25, 0.3) is 0 Å². The molecule has 1 aliphatic rings. The second kappa shape index (κ2) is 4.61. The quantitative estimate of drug-likeness (QED) is 0.596. The molecule has 1 saturated heterocycles. The van der Waals surface area contributed by atoms with Gasteiger partial charge >= 0.3 is 0 Å². The Balaban J connectivity index is 2.85. The molecule has 1 N–H and O–H groups in total. The zero-order chi connectivity index (χ0) is 8.97. The molecular weight excluding hydrogens is 166 g/mol. The fraction of sp³-hybridized carbons (Fsp3) is 0.600. The summed E-state index contributed by atoms with van der Waals surface area (Å²) in [6, 6.07) is 0. The van der Waals surface area contributed by atoms with Crippen molar-refractivity contribution in [3.63, 3.8) is 0 Å². The molecule has 0 unspecified atom stereocenters. The van der Waals surface area contributed by atoms with Crippen molar-refractivity contribution in [2.24, 2.45) is 0 Å². The molecule has 1 fully saturated rings. The molecule has 12 heavy (non-hydrogen) atoms. The first kappa shape index (κ1) is 9.72. The zero-order valence-corrected chi connectivity index (χ0v) is 8.75. The van der Waals surface area contributed by atoms with Gasteiger partial charge in [0.2, 0.25) is 0 Å². The predicted molar refractivity (Wildman–Crippen MR) is 57.3 cm³/mol. The molecule has 1 heterocycles. The molecule has 0 saturated carbocycles. The van der Waals surface area contributed by atoms with Crippen molar-refractivity contribution in [2.75, 3.05) is 6.54 Å². The fourth-order valence-electron chi connectivity index (χ4n) is 1.46. The normalized spacial score (nSPS) is 25.4. The van der Waals surface area contributed by atoms with Gasteiger partial charge < -0.3 is 5.32 Å². The first-order chi connectivity index (χ1) is 5.79. The van der Waals surface area contributed by atoms with E-state index in [1.54, 1.807) is 0 Å². The molecule has 0 bridgehead atoms. The molecule has 0 aliphatic carbocycles. The third-order valence-electron chi connectivity index (χ3n) is 2.36. The number of piperidine rings is 1. The number of hydrogen-bond acceptors (Lipinski definition) is 2. The van der Waals surface area contributed by atoms with Crippen LogP contribution in [0, 0.1) is 0 Å². The third kappa shape index (κ3) is 2.07. The predicted octanol–water partition coefficient (Wildman–Crippen LogP) is 2.87. The lowest BCUT2D eigenvalue weighted by atomic mass is 9.99. The summed E-state index contributed by atoms with van der Waals surface area (Å²) < 4.78 is 0. The van der Waals surface area contributed by atoms with Crippen LogP contribution in [-0.2, 0) is 0 Å². The van der Waals surface area contributed by atoms with Crippen LogP contribution in [0.5, 0.6) is 0 Å². The van der Waals surface area contributed by atoms with Gasteiger partial charge in [-0.1, -0.05) is 12.5 Å². The molecule has 0 aromatic heterocycles. The van der Waals surface area contributed by atoms with Gasteiger partial charge in [-0.05, 0) is 37.2 Å². The second-order valence-electron chi connectivity index (χ2n) is 3.19. The molecular formula is C10H17NS. The highest BCUT2D eigenvalue weighted by atomic mass is 32.1. The van der Waals surface area contributed by atoms with Crippen molar-refractivity contribution in [3.8, 4) is 0 Å². The summed E-state index contributed by atoms with van der Waals surface area (Å²) in [5.74, 6) is 0. The maximum absolute atomic E-state index is 4.22. The molecule has 0 atom stereocenters. The lowest BCUT2D eigenvalue weighted by molar-refractivity contribution is 0.660. The Morgan fingerprint density at radius 3 is 3.00 bits per heavy atom. The van der Waals surface area contributed by atoms with Crippen LogP contribution in [0.3, 0.4) is 0 Å². The largest absolute Gasteiger partial charge is 0.385 e. The summed E-state index contributed by atoms with van der Waals surface area (Å²) in [7, 11) is 0. The van der Waals surface area contributed by atoms with Gasteiger partial charge in [0, 0.05) is 12.2 Å². The maximum Gasteiger partial charge on any atom is 0.0366 e. The van der Waals surface area contributed by atoms with E-state index in [-0.39, 0.29) is 0 Å². The lowest BCUT2D eigenvalue weighted by Crippen LogP contribution is -2.23. The topological polar surface area (TPSA) is 12.0 Å². The van der Waals surface area contributed by atoms with E-state index in [2.05, 4.69) is 31.8 Å². The van der Waals surface area contributed by atoms with Crippen LogP contribution in [0.4, 0.5) is 0 Å². The van der Waals surface area contributed by atoms with E-state index in [4.69, 9.17) is 0 Å². The van der Waals surface area contributed by atoms with Gasteiger partial charge in [0.15, 0.2) is 0 Å². The van der Waals surface area contributed by atoms with Crippen molar-refractivity contribution < 1.29 is 0 Å². The minimum atomic E-state index is 1.11. The highest BCUT2D eigenvalue weighted by Crippen LogP contribution is 2.23. The summed E-state index contributed by atoms with van der Waals surface area (Å²) in [5.41, 5.74) is 4.14. The maximum atomic E-state index is 4.22. The van der Waals surface area contributed by atoms with Crippen LogP contribution < -0.4 is 5.32 Å². The molecule has 1 aliphatic heterocycles. The fourth-order valence-corrected chi connectivity index (χ4v) is 1.72. The van der Waals surface area contributed by atoms with Crippen LogP contribution in [-0.4, -0.2) is 6.54 Å². The SMILES string of the molecule is CC/C(C)=C1/NCCC/C1=C\S. The van der Waals surface area contributed by atoms with Gasteiger partial charge in [-0.3, -0.25) is 0 Å². The Hall–Kier alpha value is -0.370. The summed E-state index contributed by atoms with van der Waals surface area (Å²) in [5, 5.41) is 5.36. The first-order valence-electron chi connectivity index (χ1n) is 4.56. The molecule has 0 amide bonds. The Morgan fingerprint density at radius 2 is 2.42 bits per heavy atom. The van der Waals surface area contributed by atoms with E-state index in [0.717, 1.165) is 13.0 Å². The molecule has 2 heteroatoms. The number of thiol groups is 1. The van der Waals surface area contributed by atoms with Gasteiger partial charge in [0.05, 0.1) is 0 Å². The molecule has 1 rings (SSSR count). The van der Waals surface area contributed by atoms with E-state index in [1.807, 2.05) is 5.41 Å². The molecule has 0 aromatic carbocycles. The van der Waals surface area contributed by atoms with E-state index in [0.29, 0.717) is 0 Å². The van der Waals surface area contributed by atoms with Gasteiger partial charge in [-0.2, -0.15) is 12.6 Å². The van der Waals surface area contributed by atoms with Crippen molar-refractivity contribution in [3.05, 3.63) is 22.3 Å². The summed E-state index contributed by atoms with van der Waals surface area (Å²) >= 11 is 4.22. The van der Waals surface area contributed by atoms with Crippen molar-refractivity contribution in [2.45, 2.75) is 33.1 Å². The first-order valence-corrected chi connectivity index (χ1v) is 5.08. The Morgan fingerprint density at radius 1 is 1.67 bits per heavy atom. The number of rotatable bonds is 1. The minimum Gasteiger partial charge on any atom is -0.385 e. The Bertz CT molecular complexity index is 213. The van der Waals surface area contributed by atoms with E-state index in [9.17, 15) is 0 Å². The van der Waals surface area contributed by atoms with Gasteiger partial charge in [-0.15, -0.1) is 0 Å². The monoisotopic (exact) mass is 183 g/mol. The average molecular weight is 183 g/mol. The second-order valence-corrected chi connectivity index (χ2v) is 3.45. The highest BCUT2D eigenvalue weighted by Gasteiger charge is 2.11. The molecule has 0 radical (unpaired) electrons. The highest BCUT2D eigenvalue weighted by molar-refractivity contribution is 7.83. The number of nitrogens with one attached hydrogen (secondary N) is 1. The average Bonchev–Trinajstić information content (AvgIpc) is 2.16. The van der Waals surface area contributed by atoms with E-state index >= 15 is 0 Å². The van der Waals surface area contributed by atoms with Crippen molar-refractivity contribution >= 4 is 12.6 Å². The van der Waals surface area contributed by atoms with Crippen LogP contribution in [0.1, 0.15) is 33.1 Å². The standard InChI is InChI=1S/C10H17NS/c1-3-8(2)10-9(7-12)5-4-6-11-10/h7,11-12H,3-6H2,1-2H3/b9-7+,10-8+. The van der Waals surface area contributed by atoms with Gasteiger partial charge in [-0.25, -0.2) is 0 Å². The molecule has 0 aromatic rings. The molecule has 0 spiro atoms.